The monoisotopic (exact) mass is 385 g/mol. The van der Waals surface area contributed by atoms with Crippen LogP contribution in [-0.2, 0) is 14.3 Å². The fraction of sp³-hybridized carbons (Fsp3) is 0.652. The summed E-state index contributed by atoms with van der Waals surface area (Å²) in [5, 5.41) is 3.12. The van der Waals surface area contributed by atoms with Crippen LogP contribution in [0.1, 0.15) is 51.0 Å². The van der Waals surface area contributed by atoms with Crippen molar-refractivity contribution in [2.45, 2.75) is 58.4 Å². The quantitative estimate of drug-likeness (QED) is 0.728. The molecule has 4 fully saturated rings. The van der Waals surface area contributed by atoms with Crippen LogP contribution < -0.4 is 10.1 Å². The molecule has 0 aromatic heterocycles. The van der Waals surface area contributed by atoms with Gasteiger partial charge in [-0.15, -0.1) is 0 Å². The van der Waals surface area contributed by atoms with E-state index < -0.39 is 5.97 Å². The first-order chi connectivity index (χ1) is 13.4. The van der Waals surface area contributed by atoms with Crippen LogP contribution in [0, 0.1) is 30.1 Å². The first kappa shape index (κ1) is 19.3. The minimum atomic E-state index is -0.529. The van der Waals surface area contributed by atoms with Crippen LogP contribution in [0.25, 0.3) is 0 Å². The number of esters is 1. The molecule has 1 amide bonds. The summed E-state index contributed by atoms with van der Waals surface area (Å²) in [5.74, 6) is 2.43. The number of carbonyl (C=O) groups excluding carboxylic acids is 2. The first-order valence-electron chi connectivity index (χ1n) is 10.6. The highest BCUT2D eigenvalue weighted by molar-refractivity contribution is 5.81. The maximum atomic E-state index is 12.3. The number of rotatable bonds is 7. The zero-order valence-corrected chi connectivity index (χ0v) is 16.9. The lowest BCUT2D eigenvalue weighted by Crippen LogP contribution is -2.56. The fourth-order valence-corrected chi connectivity index (χ4v) is 6.18. The number of hydrogen-bond acceptors (Lipinski definition) is 4. The molecule has 0 aliphatic heterocycles. The summed E-state index contributed by atoms with van der Waals surface area (Å²) in [7, 11) is 0. The van der Waals surface area contributed by atoms with E-state index in [1.165, 1.54) is 38.5 Å². The molecule has 1 atom stereocenters. The van der Waals surface area contributed by atoms with Gasteiger partial charge in [0.05, 0.1) is 0 Å². The van der Waals surface area contributed by atoms with E-state index in [2.05, 4.69) is 12.2 Å². The fourth-order valence-electron chi connectivity index (χ4n) is 6.18. The Bertz CT molecular complexity index is 709. The second kappa shape index (κ2) is 7.76. The van der Waals surface area contributed by atoms with Gasteiger partial charge in [-0.25, -0.2) is 4.79 Å². The van der Waals surface area contributed by atoms with E-state index >= 15 is 0 Å². The van der Waals surface area contributed by atoms with Gasteiger partial charge in [0.25, 0.3) is 5.91 Å². The summed E-state index contributed by atoms with van der Waals surface area (Å²) in [6.45, 7) is 3.65. The van der Waals surface area contributed by atoms with Gasteiger partial charge in [0.15, 0.2) is 13.2 Å². The van der Waals surface area contributed by atoms with E-state index in [4.69, 9.17) is 9.47 Å². The SMILES string of the molecule is Cc1cccc(OCC(=O)OCC(=O)N[C@@H](C)C23CC4CC(CC(C4)C2)C3)c1. The predicted octanol–water partition coefficient (Wildman–Crippen LogP) is 3.64. The number of benzene rings is 1. The molecule has 0 radical (unpaired) electrons. The van der Waals surface area contributed by atoms with Gasteiger partial charge in [-0.2, -0.15) is 0 Å². The number of aryl methyl sites for hydroxylation is 1. The molecule has 1 aromatic carbocycles. The van der Waals surface area contributed by atoms with Crippen molar-refractivity contribution in [1.29, 1.82) is 0 Å². The van der Waals surface area contributed by atoms with Crippen LogP contribution in [0.5, 0.6) is 5.75 Å². The summed E-state index contributed by atoms with van der Waals surface area (Å²) in [5.41, 5.74) is 1.31. The van der Waals surface area contributed by atoms with E-state index in [1.807, 2.05) is 25.1 Å². The highest BCUT2D eigenvalue weighted by Gasteiger charge is 2.53. The summed E-state index contributed by atoms with van der Waals surface area (Å²) in [4.78, 5) is 24.2. The van der Waals surface area contributed by atoms with Gasteiger partial charge < -0.3 is 14.8 Å². The molecule has 5 nitrogen and oxygen atoms in total. The smallest absolute Gasteiger partial charge is 0.344 e. The van der Waals surface area contributed by atoms with E-state index in [1.54, 1.807) is 6.07 Å². The minimum Gasteiger partial charge on any atom is -0.482 e. The van der Waals surface area contributed by atoms with Gasteiger partial charge in [0.2, 0.25) is 0 Å². The third-order valence-corrected chi connectivity index (χ3v) is 7.09. The first-order valence-corrected chi connectivity index (χ1v) is 10.6. The number of nitrogens with one attached hydrogen (secondary N) is 1. The Morgan fingerprint density at radius 2 is 1.75 bits per heavy atom. The van der Waals surface area contributed by atoms with Gasteiger partial charge in [0.1, 0.15) is 5.75 Å². The molecule has 152 valence electrons. The molecule has 1 N–H and O–H groups in total. The molecule has 5 rings (SSSR count). The van der Waals surface area contributed by atoms with Crippen LogP contribution in [0.15, 0.2) is 24.3 Å². The van der Waals surface area contributed by atoms with Gasteiger partial charge >= 0.3 is 5.97 Å². The van der Waals surface area contributed by atoms with Crippen molar-refractivity contribution in [1.82, 2.24) is 5.32 Å². The Morgan fingerprint density at radius 3 is 2.36 bits per heavy atom. The van der Waals surface area contributed by atoms with Crippen molar-refractivity contribution >= 4 is 11.9 Å². The summed E-state index contributed by atoms with van der Waals surface area (Å²) >= 11 is 0. The molecular formula is C23H31NO4. The molecule has 28 heavy (non-hydrogen) atoms. The topological polar surface area (TPSA) is 64.6 Å². The Balaban J connectivity index is 1.22. The number of amides is 1. The maximum absolute atomic E-state index is 12.3. The van der Waals surface area contributed by atoms with E-state index in [9.17, 15) is 9.59 Å². The molecule has 4 aliphatic carbocycles. The summed E-state index contributed by atoms with van der Waals surface area (Å²) < 4.78 is 10.5. The third kappa shape index (κ3) is 4.18. The van der Waals surface area contributed by atoms with Crippen molar-refractivity contribution in [3.05, 3.63) is 29.8 Å². The van der Waals surface area contributed by atoms with Crippen molar-refractivity contribution in [3.63, 3.8) is 0 Å². The lowest BCUT2D eigenvalue weighted by atomic mass is 9.48. The largest absolute Gasteiger partial charge is 0.482 e. The van der Waals surface area contributed by atoms with Gasteiger partial charge in [0, 0.05) is 6.04 Å². The Labute approximate surface area is 167 Å². The Kier molecular flexibility index (Phi) is 5.35. The van der Waals surface area contributed by atoms with E-state index in [0.29, 0.717) is 5.75 Å². The van der Waals surface area contributed by atoms with Gasteiger partial charge in [-0.1, -0.05) is 12.1 Å². The van der Waals surface area contributed by atoms with Crippen molar-refractivity contribution in [3.8, 4) is 5.75 Å². The van der Waals surface area contributed by atoms with Gasteiger partial charge in [-0.05, 0) is 93.2 Å². The molecule has 0 unspecified atom stereocenters. The number of carbonyl (C=O) groups is 2. The number of ether oxygens (including phenoxy) is 2. The highest BCUT2D eigenvalue weighted by Crippen LogP contribution is 2.61. The van der Waals surface area contributed by atoms with Crippen LogP contribution in [0.3, 0.4) is 0 Å². The molecule has 1 aromatic rings. The minimum absolute atomic E-state index is 0.135. The van der Waals surface area contributed by atoms with Gasteiger partial charge in [-0.3, -0.25) is 4.79 Å². The predicted molar refractivity (Wildman–Crippen MR) is 106 cm³/mol. The van der Waals surface area contributed by atoms with Crippen molar-refractivity contribution in [2.24, 2.45) is 23.2 Å². The standard InChI is InChI=1S/C23H31NO4/c1-15-4-3-5-20(6-15)27-14-22(26)28-13-21(25)24-16(2)23-10-17-7-18(11-23)9-19(8-17)12-23/h3-6,16-19H,7-14H2,1-2H3,(H,24,25)/t16-,17?,18?,19?,23?/m0/s1. The summed E-state index contributed by atoms with van der Waals surface area (Å²) in [6.07, 6.45) is 7.88. The lowest BCUT2D eigenvalue weighted by Gasteiger charge is -2.59. The zero-order chi connectivity index (χ0) is 19.7. The molecule has 4 bridgehead atoms. The molecular weight excluding hydrogens is 354 g/mol. The summed E-state index contributed by atoms with van der Waals surface area (Å²) in [6, 6.07) is 7.61. The molecule has 4 aliphatic rings. The lowest BCUT2D eigenvalue weighted by molar-refractivity contribution is -0.151. The molecule has 5 heteroatoms. The second-order valence-corrected chi connectivity index (χ2v) is 9.33. The third-order valence-electron chi connectivity index (χ3n) is 7.09. The van der Waals surface area contributed by atoms with Crippen molar-refractivity contribution in [2.75, 3.05) is 13.2 Å². The van der Waals surface area contributed by atoms with Crippen LogP contribution in [0.2, 0.25) is 0 Å². The number of hydrogen-bond donors (Lipinski definition) is 1. The second-order valence-electron chi connectivity index (χ2n) is 9.33. The van der Waals surface area contributed by atoms with Crippen LogP contribution >= 0.6 is 0 Å². The maximum Gasteiger partial charge on any atom is 0.344 e. The Hall–Kier alpha value is -2.04. The van der Waals surface area contributed by atoms with Crippen LogP contribution in [0.4, 0.5) is 0 Å². The molecule has 4 saturated carbocycles. The molecule has 0 heterocycles. The van der Waals surface area contributed by atoms with E-state index in [-0.39, 0.29) is 30.6 Å². The van der Waals surface area contributed by atoms with E-state index in [0.717, 1.165) is 23.3 Å². The highest BCUT2D eigenvalue weighted by atomic mass is 16.6. The van der Waals surface area contributed by atoms with Crippen LogP contribution in [-0.4, -0.2) is 31.1 Å². The Morgan fingerprint density at radius 1 is 1.11 bits per heavy atom. The normalized spacial score (nSPS) is 31.3. The zero-order valence-electron chi connectivity index (χ0n) is 16.9. The van der Waals surface area contributed by atoms with Crippen molar-refractivity contribution < 1.29 is 19.1 Å². The molecule has 0 saturated heterocycles. The molecule has 0 spiro atoms. The average molecular weight is 386 g/mol. The average Bonchev–Trinajstić information content (AvgIpc) is 2.63.